The Hall–Kier alpha value is -1.88. The van der Waals surface area contributed by atoms with E-state index in [1.54, 1.807) is 19.9 Å². The van der Waals surface area contributed by atoms with E-state index >= 15 is 0 Å². The molecule has 5 atom stereocenters. The van der Waals surface area contributed by atoms with Crippen molar-refractivity contribution in [2.45, 2.75) is 84.7 Å². The zero-order valence-corrected chi connectivity index (χ0v) is 17.3. The lowest BCUT2D eigenvalue weighted by molar-refractivity contribution is -0.151. The van der Waals surface area contributed by atoms with Crippen LogP contribution in [0.2, 0.25) is 0 Å². The van der Waals surface area contributed by atoms with Crippen LogP contribution in [0.3, 0.4) is 0 Å². The van der Waals surface area contributed by atoms with Crippen LogP contribution >= 0.6 is 0 Å². The summed E-state index contributed by atoms with van der Waals surface area (Å²) in [6.45, 7) is 15.0. The van der Waals surface area contributed by atoms with Gasteiger partial charge in [-0.05, 0) is 47.5 Å². The molecule has 0 amide bonds. The third kappa shape index (κ3) is 4.89. The summed E-state index contributed by atoms with van der Waals surface area (Å²) in [6.07, 6.45) is 4.94. The Kier molecular flexibility index (Phi) is 6.68. The third-order valence-electron chi connectivity index (χ3n) is 5.69. The van der Waals surface area contributed by atoms with Crippen molar-refractivity contribution in [3.63, 3.8) is 0 Å². The number of ether oxygens (including phenoxy) is 3. The molecule has 2 rings (SSSR count). The monoisotopic (exact) mass is 376 g/mol. The molecule has 0 radical (unpaired) electrons. The summed E-state index contributed by atoms with van der Waals surface area (Å²) in [6, 6.07) is 0. The molecule has 150 valence electrons. The van der Waals surface area contributed by atoms with E-state index in [2.05, 4.69) is 19.6 Å². The first kappa shape index (κ1) is 21.4. The molecule has 0 aromatic carbocycles. The summed E-state index contributed by atoms with van der Waals surface area (Å²) >= 11 is 0. The van der Waals surface area contributed by atoms with Gasteiger partial charge >= 0.3 is 11.9 Å². The van der Waals surface area contributed by atoms with Crippen LogP contribution < -0.4 is 0 Å². The van der Waals surface area contributed by atoms with Crippen molar-refractivity contribution in [1.29, 1.82) is 0 Å². The number of carbonyl (C=O) groups is 2. The van der Waals surface area contributed by atoms with E-state index < -0.39 is 17.8 Å². The molecule has 27 heavy (non-hydrogen) atoms. The summed E-state index contributed by atoms with van der Waals surface area (Å²) in [5.74, 6) is -0.691. The largest absolute Gasteiger partial charge is 0.459 e. The van der Waals surface area contributed by atoms with Crippen molar-refractivity contribution in [2.24, 2.45) is 5.92 Å². The summed E-state index contributed by atoms with van der Waals surface area (Å²) in [7, 11) is 0. The molecule has 0 aromatic heterocycles. The summed E-state index contributed by atoms with van der Waals surface area (Å²) in [5, 5.41) is 0. The predicted octanol–water partition coefficient (Wildman–Crippen LogP) is 4.28. The molecule has 0 N–H and O–H groups in total. The average Bonchev–Trinajstić information content (AvgIpc) is 3.28. The van der Waals surface area contributed by atoms with Crippen LogP contribution in [-0.4, -0.2) is 35.9 Å². The van der Waals surface area contributed by atoms with Crippen molar-refractivity contribution in [2.75, 3.05) is 0 Å². The number of carbonyl (C=O) groups excluding carboxylic acids is 2. The van der Waals surface area contributed by atoms with Crippen molar-refractivity contribution in [3.8, 4) is 0 Å². The van der Waals surface area contributed by atoms with Gasteiger partial charge in [0, 0.05) is 24.8 Å². The molecule has 0 aromatic rings. The Labute approximate surface area is 162 Å². The Morgan fingerprint density at radius 2 is 1.96 bits per heavy atom. The molecule has 1 aliphatic heterocycles. The molecule has 1 aliphatic carbocycles. The number of rotatable bonds is 4. The van der Waals surface area contributed by atoms with Crippen LogP contribution in [0.25, 0.3) is 0 Å². The first-order valence-corrected chi connectivity index (χ1v) is 9.60. The van der Waals surface area contributed by atoms with Crippen molar-refractivity contribution >= 4 is 11.9 Å². The number of allylic oxidation sites excluding steroid dienone is 2. The standard InChI is InChI=1S/C22H32O5/c1-8-15(5)21(24)26-18-12-10-14(4)9-11-17(13(2)3)19(25-16(6)23)20-22(18,7)27-20/h8,10,17-20H,2,9,11-12H2,1,3-7H3. The van der Waals surface area contributed by atoms with Crippen LogP contribution in [0.5, 0.6) is 0 Å². The van der Waals surface area contributed by atoms with E-state index in [1.165, 1.54) is 12.5 Å². The molecule has 5 unspecified atom stereocenters. The summed E-state index contributed by atoms with van der Waals surface area (Å²) in [5.41, 5.74) is 2.05. The van der Waals surface area contributed by atoms with Gasteiger partial charge in [-0.2, -0.15) is 0 Å². The van der Waals surface area contributed by atoms with Crippen LogP contribution in [0.1, 0.15) is 60.8 Å². The van der Waals surface area contributed by atoms with Gasteiger partial charge in [-0.15, -0.1) is 0 Å². The SMILES string of the molecule is C=C(C)C1CCC(C)=CCC(OC(=O)C(C)=CC)C2(C)OC2C1OC(C)=O. The first-order chi connectivity index (χ1) is 12.6. The van der Waals surface area contributed by atoms with Crippen LogP contribution in [0.15, 0.2) is 35.5 Å². The molecular formula is C22H32O5. The molecule has 0 spiro atoms. The molecule has 0 saturated carbocycles. The number of epoxide rings is 1. The van der Waals surface area contributed by atoms with Gasteiger partial charge in [-0.1, -0.05) is 29.9 Å². The lowest BCUT2D eigenvalue weighted by Crippen LogP contribution is -2.41. The zero-order chi connectivity index (χ0) is 20.4. The quantitative estimate of drug-likeness (QED) is 0.317. The highest BCUT2D eigenvalue weighted by Gasteiger charge is 2.64. The first-order valence-electron chi connectivity index (χ1n) is 9.60. The van der Waals surface area contributed by atoms with E-state index in [0.717, 1.165) is 18.4 Å². The Morgan fingerprint density at radius 3 is 2.52 bits per heavy atom. The van der Waals surface area contributed by atoms with E-state index in [-0.39, 0.29) is 24.0 Å². The highest BCUT2D eigenvalue weighted by molar-refractivity contribution is 5.87. The minimum Gasteiger partial charge on any atom is -0.459 e. The minimum absolute atomic E-state index is 0.00389. The fourth-order valence-corrected chi connectivity index (χ4v) is 3.66. The van der Waals surface area contributed by atoms with Gasteiger partial charge in [0.2, 0.25) is 0 Å². The lowest BCUT2D eigenvalue weighted by Gasteiger charge is -2.30. The molecule has 5 nitrogen and oxygen atoms in total. The molecule has 1 saturated heterocycles. The van der Waals surface area contributed by atoms with Gasteiger partial charge in [0.25, 0.3) is 0 Å². The van der Waals surface area contributed by atoms with Crippen molar-refractivity contribution in [3.05, 3.63) is 35.5 Å². The Morgan fingerprint density at radius 1 is 1.30 bits per heavy atom. The van der Waals surface area contributed by atoms with E-state index in [0.29, 0.717) is 12.0 Å². The molecule has 5 heteroatoms. The Bertz CT molecular complexity index is 674. The molecular weight excluding hydrogens is 344 g/mol. The highest BCUT2D eigenvalue weighted by Crippen LogP contribution is 2.48. The van der Waals surface area contributed by atoms with E-state index in [1.807, 2.05) is 13.8 Å². The number of esters is 2. The van der Waals surface area contributed by atoms with Gasteiger partial charge in [0.1, 0.15) is 23.9 Å². The maximum Gasteiger partial charge on any atom is 0.333 e. The average molecular weight is 376 g/mol. The second kappa shape index (κ2) is 8.42. The van der Waals surface area contributed by atoms with Gasteiger partial charge in [-0.3, -0.25) is 4.79 Å². The maximum atomic E-state index is 12.3. The lowest BCUT2D eigenvalue weighted by atomic mass is 9.81. The zero-order valence-electron chi connectivity index (χ0n) is 17.3. The highest BCUT2D eigenvalue weighted by atomic mass is 16.7. The summed E-state index contributed by atoms with van der Waals surface area (Å²) in [4.78, 5) is 24.1. The summed E-state index contributed by atoms with van der Waals surface area (Å²) < 4.78 is 17.5. The smallest absolute Gasteiger partial charge is 0.333 e. The van der Waals surface area contributed by atoms with Crippen LogP contribution in [0, 0.1) is 5.92 Å². The molecule has 0 bridgehead atoms. The van der Waals surface area contributed by atoms with Crippen LogP contribution in [-0.2, 0) is 23.8 Å². The predicted molar refractivity (Wildman–Crippen MR) is 104 cm³/mol. The topological polar surface area (TPSA) is 65.1 Å². The van der Waals surface area contributed by atoms with Crippen molar-refractivity contribution < 1.29 is 23.8 Å². The fourth-order valence-electron chi connectivity index (χ4n) is 3.66. The minimum atomic E-state index is -0.689. The van der Waals surface area contributed by atoms with Crippen LogP contribution in [0.4, 0.5) is 0 Å². The fraction of sp³-hybridized carbons (Fsp3) is 0.636. The van der Waals surface area contributed by atoms with E-state index in [4.69, 9.17) is 14.2 Å². The number of fused-ring (bicyclic) bond motifs is 1. The second-order valence-corrected chi connectivity index (χ2v) is 7.94. The van der Waals surface area contributed by atoms with Gasteiger partial charge in [0.15, 0.2) is 0 Å². The number of hydrogen-bond donors (Lipinski definition) is 0. The number of hydrogen-bond acceptors (Lipinski definition) is 5. The molecule has 1 heterocycles. The molecule has 1 fully saturated rings. The maximum absolute atomic E-state index is 12.3. The molecule has 2 aliphatic rings. The van der Waals surface area contributed by atoms with E-state index in [9.17, 15) is 9.59 Å². The Balaban J connectivity index is 2.36. The second-order valence-electron chi connectivity index (χ2n) is 7.94. The van der Waals surface area contributed by atoms with Gasteiger partial charge in [0.05, 0.1) is 0 Å². The van der Waals surface area contributed by atoms with Gasteiger partial charge < -0.3 is 14.2 Å². The normalized spacial score (nSPS) is 34.0. The van der Waals surface area contributed by atoms with Crippen molar-refractivity contribution in [1.82, 2.24) is 0 Å². The van der Waals surface area contributed by atoms with Gasteiger partial charge in [-0.25, -0.2) is 4.79 Å². The third-order valence-corrected chi connectivity index (χ3v) is 5.69.